The highest BCUT2D eigenvalue weighted by Gasteiger charge is 2.06. The first-order valence-corrected chi connectivity index (χ1v) is 5.92. The number of aromatic nitrogens is 4. The summed E-state index contributed by atoms with van der Waals surface area (Å²) in [5.41, 5.74) is 1.02. The first-order valence-electron chi connectivity index (χ1n) is 4.84. The number of aryl methyl sites for hydroxylation is 1. The summed E-state index contributed by atoms with van der Waals surface area (Å²) in [4.78, 5) is 0. The van der Waals surface area contributed by atoms with E-state index in [1.54, 1.807) is 4.68 Å². The van der Waals surface area contributed by atoms with Crippen molar-refractivity contribution in [3.8, 4) is 5.69 Å². The summed E-state index contributed by atoms with van der Waals surface area (Å²) in [7, 11) is 0. The third-order valence-electron chi connectivity index (χ3n) is 2.06. The molecule has 2 rings (SSSR count). The van der Waals surface area contributed by atoms with Crippen LogP contribution in [-0.2, 0) is 6.42 Å². The van der Waals surface area contributed by atoms with Gasteiger partial charge in [0.2, 0.25) is 0 Å². The van der Waals surface area contributed by atoms with Crippen molar-refractivity contribution in [1.82, 2.24) is 20.2 Å². The predicted molar refractivity (Wildman–Crippen MR) is 65.9 cm³/mol. The maximum atomic E-state index is 4.01. The fraction of sp³-hybridized carbons (Fsp3) is 0.300. The molecule has 0 atom stereocenters. The molecule has 0 amide bonds. The van der Waals surface area contributed by atoms with Crippen molar-refractivity contribution in [2.45, 2.75) is 19.8 Å². The second kappa shape index (κ2) is 4.69. The van der Waals surface area contributed by atoms with Gasteiger partial charge in [-0.15, -0.1) is 5.10 Å². The Labute approximate surface area is 102 Å². The molecular weight excluding hydrogens is 303 g/mol. The standard InChI is InChI=1S/C10H11IN4/c1-2-4-10-12-13-14-15(10)9-6-3-5-8(11)7-9/h3,5-7H,2,4H2,1H3. The minimum absolute atomic E-state index is 0.901. The van der Waals surface area contributed by atoms with Crippen LogP contribution in [0.2, 0.25) is 0 Å². The topological polar surface area (TPSA) is 43.6 Å². The number of hydrogen-bond acceptors (Lipinski definition) is 3. The zero-order valence-corrected chi connectivity index (χ0v) is 10.5. The minimum Gasteiger partial charge on any atom is -0.197 e. The highest BCUT2D eigenvalue weighted by atomic mass is 127. The summed E-state index contributed by atoms with van der Waals surface area (Å²) in [5.74, 6) is 0.916. The zero-order chi connectivity index (χ0) is 10.7. The normalized spacial score (nSPS) is 10.5. The zero-order valence-electron chi connectivity index (χ0n) is 8.39. The van der Waals surface area contributed by atoms with E-state index in [0.29, 0.717) is 0 Å². The molecule has 0 fully saturated rings. The minimum atomic E-state index is 0.901. The molecule has 0 aliphatic carbocycles. The molecule has 0 unspecified atom stereocenters. The summed E-state index contributed by atoms with van der Waals surface area (Å²) >= 11 is 2.28. The molecular formula is C10H11IN4. The molecule has 5 heteroatoms. The summed E-state index contributed by atoms with van der Waals surface area (Å²) in [6.07, 6.45) is 1.95. The second-order valence-electron chi connectivity index (χ2n) is 3.24. The van der Waals surface area contributed by atoms with E-state index in [2.05, 4.69) is 51.1 Å². The number of hydrogen-bond donors (Lipinski definition) is 0. The molecule has 15 heavy (non-hydrogen) atoms. The van der Waals surface area contributed by atoms with Gasteiger partial charge in [0.05, 0.1) is 5.69 Å². The van der Waals surface area contributed by atoms with Gasteiger partial charge in [0.15, 0.2) is 5.82 Å². The maximum absolute atomic E-state index is 4.01. The Balaban J connectivity index is 2.40. The molecule has 2 aromatic rings. The van der Waals surface area contributed by atoms with Gasteiger partial charge in [-0.25, -0.2) is 0 Å². The molecule has 78 valence electrons. The van der Waals surface area contributed by atoms with Gasteiger partial charge in [-0.1, -0.05) is 13.0 Å². The smallest absolute Gasteiger partial charge is 0.156 e. The van der Waals surface area contributed by atoms with Crippen molar-refractivity contribution in [2.75, 3.05) is 0 Å². The quantitative estimate of drug-likeness (QED) is 0.816. The first kappa shape index (κ1) is 10.5. The lowest BCUT2D eigenvalue weighted by atomic mass is 10.3. The molecule has 0 radical (unpaired) electrons. The van der Waals surface area contributed by atoms with Gasteiger partial charge < -0.3 is 0 Å². The molecule has 0 bridgehead atoms. The summed E-state index contributed by atoms with van der Waals surface area (Å²) in [5, 5.41) is 11.7. The van der Waals surface area contributed by atoms with Crippen molar-refractivity contribution in [3.05, 3.63) is 33.7 Å². The van der Waals surface area contributed by atoms with E-state index in [9.17, 15) is 0 Å². The Hall–Kier alpha value is -0.980. The lowest BCUT2D eigenvalue weighted by Gasteiger charge is -2.03. The van der Waals surface area contributed by atoms with E-state index < -0.39 is 0 Å². The monoisotopic (exact) mass is 314 g/mol. The fourth-order valence-electron chi connectivity index (χ4n) is 1.39. The van der Waals surface area contributed by atoms with Crippen LogP contribution >= 0.6 is 22.6 Å². The van der Waals surface area contributed by atoms with Crippen molar-refractivity contribution in [1.29, 1.82) is 0 Å². The Bertz CT molecular complexity index is 452. The Kier molecular flexibility index (Phi) is 3.30. The van der Waals surface area contributed by atoms with Crippen LogP contribution in [0.15, 0.2) is 24.3 Å². The van der Waals surface area contributed by atoms with Crippen molar-refractivity contribution >= 4 is 22.6 Å². The number of benzene rings is 1. The van der Waals surface area contributed by atoms with E-state index in [0.717, 1.165) is 24.4 Å². The van der Waals surface area contributed by atoms with E-state index in [4.69, 9.17) is 0 Å². The average molecular weight is 314 g/mol. The van der Waals surface area contributed by atoms with Crippen molar-refractivity contribution < 1.29 is 0 Å². The molecule has 1 heterocycles. The number of nitrogens with zero attached hydrogens (tertiary/aromatic N) is 4. The van der Waals surface area contributed by atoms with Gasteiger partial charge in [0, 0.05) is 9.99 Å². The second-order valence-corrected chi connectivity index (χ2v) is 4.48. The van der Waals surface area contributed by atoms with Crippen LogP contribution in [0.25, 0.3) is 5.69 Å². The van der Waals surface area contributed by atoms with Crippen LogP contribution in [0.1, 0.15) is 19.2 Å². The molecule has 0 N–H and O–H groups in total. The van der Waals surface area contributed by atoms with Gasteiger partial charge in [-0.2, -0.15) is 4.68 Å². The van der Waals surface area contributed by atoms with Gasteiger partial charge >= 0.3 is 0 Å². The van der Waals surface area contributed by atoms with Crippen molar-refractivity contribution in [3.63, 3.8) is 0 Å². The maximum Gasteiger partial charge on any atom is 0.156 e. The molecule has 0 spiro atoms. The Morgan fingerprint density at radius 2 is 2.27 bits per heavy atom. The summed E-state index contributed by atoms with van der Waals surface area (Å²) in [6, 6.07) is 8.14. The molecule has 0 aliphatic heterocycles. The summed E-state index contributed by atoms with van der Waals surface area (Å²) < 4.78 is 2.98. The molecule has 1 aromatic carbocycles. The van der Waals surface area contributed by atoms with E-state index in [1.165, 1.54) is 3.57 Å². The van der Waals surface area contributed by atoms with Crippen molar-refractivity contribution in [2.24, 2.45) is 0 Å². The lowest BCUT2D eigenvalue weighted by Crippen LogP contribution is -2.03. The lowest BCUT2D eigenvalue weighted by molar-refractivity contribution is 0.745. The third-order valence-corrected chi connectivity index (χ3v) is 2.73. The Morgan fingerprint density at radius 1 is 1.40 bits per heavy atom. The predicted octanol–water partition coefficient (Wildman–Crippen LogP) is 2.22. The van der Waals surface area contributed by atoms with Gasteiger partial charge in [-0.3, -0.25) is 0 Å². The van der Waals surface area contributed by atoms with Crippen LogP contribution in [-0.4, -0.2) is 20.2 Å². The van der Waals surface area contributed by atoms with Crippen LogP contribution in [0.4, 0.5) is 0 Å². The Morgan fingerprint density at radius 3 is 3.00 bits per heavy atom. The average Bonchev–Trinajstić information content (AvgIpc) is 2.66. The molecule has 0 saturated carbocycles. The highest BCUT2D eigenvalue weighted by molar-refractivity contribution is 14.1. The molecule has 0 saturated heterocycles. The molecule has 4 nitrogen and oxygen atoms in total. The SMILES string of the molecule is CCCc1nnnn1-c1cccc(I)c1. The molecule has 0 aliphatic rings. The number of tetrazole rings is 1. The van der Waals surface area contributed by atoms with Gasteiger partial charge in [0.1, 0.15) is 0 Å². The van der Waals surface area contributed by atoms with E-state index in [1.807, 2.05) is 18.2 Å². The van der Waals surface area contributed by atoms with Crippen LogP contribution in [0, 0.1) is 3.57 Å². The van der Waals surface area contributed by atoms with E-state index >= 15 is 0 Å². The highest BCUT2D eigenvalue weighted by Crippen LogP contribution is 2.12. The van der Waals surface area contributed by atoms with Crippen LogP contribution < -0.4 is 0 Å². The molecule has 1 aromatic heterocycles. The largest absolute Gasteiger partial charge is 0.197 e. The van der Waals surface area contributed by atoms with Crippen LogP contribution in [0.5, 0.6) is 0 Å². The van der Waals surface area contributed by atoms with Gasteiger partial charge in [-0.05, 0) is 57.6 Å². The third kappa shape index (κ3) is 2.34. The number of halogens is 1. The first-order chi connectivity index (χ1) is 7.31. The van der Waals surface area contributed by atoms with E-state index in [-0.39, 0.29) is 0 Å². The number of rotatable bonds is 3. The summed E-state index contributed by atoms with van der Waals surface area (Å²) in [6.45, 7) is 2.12. The van der Waals surface area contributed by atoms with Gasteiger partial charge in [0.25, 0.3) is 0 Å². The fourth-order valence-corrected chi connectivity index (χ4v) is 1.92. The van der Waals surface area contributed by atoms with Crippen LogP contribution in [0.3, 0.4) is 0 Å².